The monoisotopic (exact) mass is 276 g/mol. The summed E-state index contributed by atoms with van der Waals surface area (Å²) in [5, 5.41) is 8.60. The fraction of sp³-hybridized carbons (Fsp3) is 0.429. The lowest BCUT2D eigenvalue weighted by Crippen LogP contribution is -2.06. The summed E-state index contributed by atoms with van der Waals surface area (Å²) in [5.41, 5.74) is 1.41. The summed E-state index contributed by atoms with van der Waals surface area (Å²) >= 11 is 1.79. The zero-order valence-electron chi connectivity index (χ0n) is 11.7. The molecule has 19 heavy (non-hydrogen) atoms. The molecular formula is C14H20N4S. The third kappa shape index (κ3) is 3.44. The van der Waals surface area contributed by atoms with Crippen molar-refractivity contribution in [2.24, 2.45) is 0 Å². The lowest BCUT2D eigenvalue weighted by atomic mass is 10.2. The molecule has 0 bridgehead atoms. The molecular weight excluding hydrogens is 256 g/mol. The minimum absolute atomic E-state index is 0.824. The highest BCUT2D eigenvalue weighted by Crippen LogP contribution is 2.19. The van der Waals surface area contributed by atoms with Crippen LogP contribution in [0.2, 0.25) is 0 Å². The van der Waals surface area contributed by atoms with Crippen LogP contribution in [-0.4, -0.2) is 17.0 Å². The Balaban J connectivity index is 2.10. The number of anilines is 2. The van der Waals surface area contributed by atoms with Crippen LogP contribution in [0.5, 0.6) is 0 Å². The van der Waals surface area contributed by atoms with Gasteiger partial charge in [0.15, 0.2) is 0 Å². The summed E-state index contributed by atoms with van der Waals surface area (Å²) < 4.78 is 0. The number of aryl methyl sites for hydroxylation is 2. The first-order valence-electron chi connectivity index (χ1n) is 6.61. The van der Waals surface area contributed by atoms with Crippen LogP contribution < -0.4 is 10.6 Å². The van der Waals surface area contributed by atoms with E-state index in [9.17, 15) is 0 Å². The lowest BCUT2D eigenvalue weighted by Gasteiger charge is -2.09. The predicted molar refractivity (Wildman–Crippen MR) is 82.0 cm³/mol. The molecule has 0 radical (unpaired) electrons. The largest absolute Gasteiger partial charge is 0.373 e. The number of thiophene rings is 1. The van der Waals surface area contributed by atoms with Gasteiger partial charge in [-0.15, -0.1) is 11.3 Å². The van der Waals surface area contributed by atoms with Crippen LogP contribution in [0.25, 0.3) is 0 Å². The van der Waals surface area contributed by atoms with Crippen LogP contribution in [0, 0.1) is 0 Å². The second kappa shape index (κ2) is 6.52. The van der Waals surface area contributed by atoms with E-state index >= 15 is 0 Å². The number of hydrogen-bond acceptors (Lipinski definition) is 5. The van der Waals surface area contributed by atoms with Crippen molar-refractivity contribution >= 4 is 23.0 Å². The summed E-state index contributed by atoms with van der Waals surface area (Å²) in [7, 11) is 1.88. The first-order chi connectivity index (χ1) is 9.26. The summed E-state index contributed by atoms with van der Waals surface area (Å²) in [5.74, 6) is 2.60. The summed E-state index contributed by atoms with van der Waals surface area (Å²) in [6, 6.07) is 4.14. The molecule has 0 aliphatic carbocycles. The minimum Gasteiger partial charge on any atom is -0.373 e. The van der Waals surface area contributed by atoms with Crippen LogP contribution in [0.15, 0.2) is 17.5 Å². The van der Waals surface area contributed by atoms with E-state index in [-0.39, 0.29) is 0 Å². The van der Waals surface area contributed by atoms with Crippen LogP contribution in [0.4, 0.5) is 11.6 Å². The van der Waals surface area contributed by atoms with Gasteiger partial charge in [-0.25, -0.2) is 9.97 Å². The number of hydrogen-bond donors (Lipinski definition) is 2. The van der Waals surface area contributed by atoms with Gasteiger partial charge in [-0.3, -0.25) is 0 Å². The SMILES string of the molecule is CCc1nc(NC)cc(NCc2sccc2CC)n1. The standard InChI is InChI=1S/C14H20N4S/c1-4-10-6-7-19-11(10)9-16-14-8-13(15-3)17-12(5-2)18-14/h6-8H,4-5,9H2,1-3H3,(H2,15,16,17,18). The van der Waals surface area contributed by atoms with Crippen molar-refractivity contribution in [2.75, 3.05) is 17.7 Å². The van der Waals surface area contributed by atoms with Crippen molar-refractivity contribution in [1.29, 1.82) is 0 Å². The summed E-state index contributed by atoms with van der Waals surface area (Å²) in [6.07, 6.45) is 1.91. The zero-order chi connectivity index (χ0) is 13.7. The molecule has 0 aliphatic heterocycles. The van der Waals surface area contributed by atoms with Gasteiger partial charge in [0.05, 0.1) is 6.54 Å². The quantitative estimate of drug-likeness (QED) is 0.850. The molecule has 0 amide bonds. The van der Waals surface area contributed by atoms with Crippen LogP contribution in [-0.2, 0) is 19.4 Å². The Morgan fingerprint density at radius 3 is 2.63 bits per heavy atom. The van der Waals surface area contributed by atoms with Crippen LogP contribution >= 0.6 is 11.3 Å². The van der Waals surface area contributed by atoms with Crippen molar-refractivity contribution in [3.8, 4) is 0 Å². The van der Waals surface area contributed by atoms with Crippen LogP contribution in [0.1, 0.15) is 30.1 Å². The molecule has 5 heteroatoms. The maximum atomic E-state index is 4.50. The molecule has 0 saturated heterocycles. The highest BCUT2D eigenvalue weighted by atomic mass is 32.1. The first-order valence-corrected chi connectivity index (χ1v) is 7.49. The van der Waals surface area contributed by atoms with Gasteiger partial charge in [0.2, 0.25) is 0 Å². The molecule has 0 fully saturated rings. The molecule has 0 spiro atoms. The fourth-order valence-corrected chi connectivity index (χ4v) is 2.80. The van der Waals surface area contributed by atoms with E-state index in [4.69, 9.17) is 0 Å². The molecule has 102 valence electrons. The van der Waals surface area contributed by atoms with E-state index < -0.39 is 0 Å². The van der Waals surface area contributed by atoms with Gasteiger partial charge < -0.3 is 10.6 Å². The Morgan fingerprint density at radius 1 is 1.16 bits per heavy atom. The van der Waals surface area contributed by atoms with Crippen molar-refractivity contribution in [3.05, 3.63) is 33.8 Å². The number of nitrogens with one attached hydrogen (secondary N) is 2. The Hall–Kier alpha value is -1.62. The molecule has 0 saturated carbocycles. The van der Waals surface area contributed by atoms with E-state index in [1.54, 1.807) is 11.3 Å². The zero-order valence-corrected chi connectivity index (χ0v) is 12.5. The van der Waals surface area contributed by atoms with Crippen molar-refractivity contribution in [3.63, 3.8) is 0 Å². The minimum atomic E-state index is 0.824. The average Bonchev–Trinajstić information content (AvgIpc) is 2.92. The highest BCUT2D eigenvalue weighted by molar-refractivity contribution is 7.10. The molecule has 4 nitrogen and oxygen atoms in total. The normalized spacial score (nSPS) is 10.5. The topological polar surface area (TPSA) is 49.8 Å². The van der Waals surface area contributed by atoms with E-state index in [1.165, 1.54) is 10.4 Å². The third-order valence-electron chi connectivity index (χ3n) is 2.99. The summed E-state index contributed by atoms with van der Waals surface area (Å²) in [6.45, 7) is 5.07. The lowest BCUT2D eigenvalue weighted by molar-refractivity contribution is 0.934. The van der Waals surface area contributed by atoms with Gasteiger partial charge in [0.25, 0.3) is 0 Å². The van der Waals surface area contributed by atoms with Crippen LogP contribution in [0.3, 0.4) is 0 Å². The fourth-order valence-electron chi connectivity index (χ4n) is 1.88. The maximum absolute atomic E-state index is 4.50. The summed E-state index contributed by atoms with van der Waals surface area (Å²) in [4.78, 5) is 10.3. The number of nitrogens with zero attached hydrogens (tertiary/aromatic N) is 2. The second-order valence-corrected chi connectivity index (χ2v) is 5.23. The smallest absolute Gasteiger partial charge is 0.132 e. The van der Waals surface area contributed by atoms with Crippen molar-refractivity contribution < 1.29 is 0 Å². The Kier molecular flexibility index (Phi) is 4.74. The maximum Gasteiger partial charge on any atom is 0.132 e. The van der Waals surface area contributed by atoms with Gasteiger partial charge in [-0.2, -0.15) is 0 Å². The molecule has 0 aromatic carbocycles. The number of rotatable bonds is 6. The second-order valence-electron chi connectivity index (χ2n) is 4.23. The molecule has 2 rings (SSSR count). The molecule has 2 aromatic heterocycles. The molecule has 2 heterocycles. The van der Waals surface area contributed by atoms with Gasteiger partial charge in [-0.05, 0) is 23.4 Å². The Morgan fingerprint density at radius 2 is 1.95 bits per heavy atom. The first kappa shape index (κ1) is 13.8. The van der Waals surface area contributed by atoms with Gasteiger partial charge >= 0.3 is 0 Å². The molecule has 2 N–H and O–H groups in total. The van der Waals surface area contributed by atoms with Gasteiger partial charge in [0, 0.05) is 24.4 Å². The third-order valence-corrected chi connectivity index (χ3v) is 3.96. The predicted octanol–water partition coefficient (Wildman–Crippen LogP) is 3.32. The van der Waals surface area contributed by atoms with E-state index in [0.717, 1.165) is 36.8 Å². The average molecular weight is 276 g/mol. The Labute approximate surface area is 118 Å². The van der Waals surface area contributed by atoms with Crippen molar-refractivity contribution in [1.82, 2.24) is 9.97 Å². The molecule has 0 atom stereocenters. The van der Waals surface area contributed by atoms with Gasteiger partial charge in [0.1, 0.15) is 17.5 Å². The van der Waals surface area contributed by atoms with Crippen molar-refractivity contribution in [2.45, 2.75) is 33.2 Å². The van der Waals surface area contributed by atoms with E-state index in [0.29, 0.717) is 0 Å². The molecule has 0 unspecified atom stereocenters. The molecule has 2 aromatic rings. The highest BCUT2D eigenvalue weighted by Gasteiger charge is 2.05. The van der Waals surface area contributed by atoms with E-state index in [2.05, 4.69) is 45.9 Å². The van der Waals surface area contributed by atoms with E-state index in [1.807, 2.05) is 13.1 Å². The Bertz CT molecular complexity index is 514. The van der Waals surface area contributed by atoms with Gasteiger partial charge in [-0.1, -0.05) is 13.8 Å². The number of aromatic nitrogens is 2. The molecule has 0 aliphatic rings.